The predicted molar refractivity (Wildman–Crippen MR) is 102 cm³/mol. The molecule has 1 fully saturated rings. The van der Waals surface area contributed by atoms with Crippen LogP contribution in [0.4, 0.5) is 10.5 Å². The van der Waals surface area contributed by atoms with E-state index in [1.165, 1.54) is 0 Å². The second-order valence-electron chi connectivity index (χ2n) is 7.05. The summed E-state index contributed by atoms with van der Waals surface area (Å²) in [6.07, 6.45) is 2.26. The van der Waals surface area contributed by atoms with Gasteiger partial charge < -0.3 is 24.7 Å². The van der Waals surface area contributed by atoms with Gasteiger partial charge in [-0.1, -0.05) is 0 Å². The standard InChI is InChI=1S/C19H27N5O3/c1-11(2)27-18-15(7-6-8-20-18)23-19(25)24-10-14(26-5)9-16(24)17-21-12(3)13(4)22-17/h6-8,11,14,16H,9-10H2,1-5H3,(H,21,22)(H,23,25)/t14-,16+/m1/s1. The van der Waals surface area contributed by atoms with Gasteiger partial charge in [-0.25, -0.2) is 14.8 Å². The number of amides is 2. The van der Waals surface area contributed by atoms with Crippen molar-refractivity contribution in [2.75, 3.05) is 19.0 Å². The number of nitrogens with zero attached hydrogens (tertiary/aromatic N) is 3. The Morgan fingerprint density at radius 2 is 2.19 bits per heavy atom. The van der Waals surface area contributed by atoms with E-state index in [4.69, 9.17) is 9.47 Å². The largest absolute Gasteiger partial charge is 0.473 e. The van der Waals surface area contributed by atoms with Crippen molar-refractivity contribution < 1.29 is 14.3 Å². The van der Waals surface area contributed by atoms with Gasteiger partial charge in [0, 0.05) is 32.0 Å². The third-order valence-corrected chi connectivity index (χ3v) is 4.68. The highest BCUT2D eigenvalue weighted by Gasteiger charge is 2.38. The molecule has 1 aliphatic heterocycles. The zero-order valence-corrected chi connectivity index (χ0v) is 16.4. The maximum atomic E-state index is 13.0. The van der Waals surface area contributed by atoms with Crippen molar-refractivity contribution in [2.45, 2.75) is 52.4 Å². The van der Waals surface area contributed by atoms with Gasteiger partial charge in [-0.05, 0) is 39.8 Å². The van der Waals surface area contributed by atoms with Gasteiger partial charge in [0.2, 0.25) is 5.88 Å². The SMILES string of the molecule is CO[C@@H]1C[C@@H](c2nc(C)c(C)[nH]2)N(C(=O)Nc2cccnc2OC(C)C)C1. The first-order valence-corrected chi connectivity index (χ1v) is 9.14. The van der Waals surface area contributed by atoms with Gasteiger partial charge in [0.05, 0.1) is 23.9 Å². The zero-order chi connectivity index (χ0) is 19.6. The van der Waals surface area contributed by atoms with Crippen LogP contribution in [0, 0.1) is 13.8 Å². The molecule has 8 heteroatoms. The Balaban J connectivity index is 1.82. The molecular weight excluding hydrogens is 346 g/mol. The van der Waals surface area contributed by atoms with E-state index in [0.29, 0.717) is 24.5 Å². The van der Waals surface area contributed by atoms with Gasteiger partial charge in [0.15, 0.2) is 0 Å². The monoisotopic (exact) mass is 373 g/mol. The van der Waals surface area contributed by atoms with E-state index in [9.17, 15) is 4.79 Å². The molecule has 27 heavy (non-hydrogen) atoms. The van der Waals surface area contributed by atoms with E-state index in [2.05, 4.69) is 20.3 Å². The number of rotatable bonds is 5. The second-order valence-corrected chi connectivity index (χ2v) is 7.05. The number of aryl methyl sites for hydroxylation is 2. The van der Waals surface area contributed by atoms with Gasteiger partial charge in [-0.2, -0.15) is 0 Å². The highest BCUT2D eigenvalue weighted by atomic mass is 16.5. The van der Waals surface area contributed by atoms with E-state index < -0.39 is 0 Å². The molecule has 8 nitrogen and oxygen atoms in total. The Morgan fingerprint density at radius 1 is 1.41 bits per heavy atom. The number of likely N-dealkylation sites (tertiary alicyclic amines) is 1. The van der Waals surface area contributed by atoms with Gasteiger partial charge in [0.1, 0.15) is 11.5 Å². The number of methoxy groups -OCH3 is 1. The quantitative estimate of drug-likeness (QED) is 0.840. The number of hydrogen-bond acceptors (Lipinski definition) is 5. The Morgan fingerprint density at radius 3 is 2.81 bits per heavy atom. The average Bonchev–Trinajstić information content (AvgIpc) is 3.20. The first-order valence-electron chi connectivity index (χ1n) is 9.14. The highest BCUT2D eigenvalue weighted by molar-refractivity contribution is 5.91. The van der Waals surface area contributed by atoms with Crippen molar-refractivity contribution in [2.24, 2.45) is 0 Å². The lowest BCUT2D eigenvalue weighted by molar-refractivity contribution is 0.111. The number of aromatic nitrogens is 3. The zero-order valence-electron chi connectivity index (χ0n) is 16.4. The third-order valence-electron chi connectivity index (χ3n) is 4.68. The van der Waals surface area contributed by atoms with Crippen LogP contribution in [0.2, 0.25) is 0 Å². The van der Waals surface area contributed by atoms with Crippen LogP contribution in [-0.2, 0) is 4.74 Å². The number of H-pyrrole nitrogens is 1. The van der Waals surface area contributed by atoms with Gasteiger partial charge in [0.25, 0.3) is 0 Å². The molecule has 0 unspecified atom stereocenters. The molecule has 0 saturated carbocycles. The van der Waals surface area contributed by atoms with Crippen LogP contribution in [0.15, 0.2) is 18.3 Å². The van der Waals surface area contributed by atoms with Crippen molar-refractivity contribution >= 4 is 11.7 Å². The normalized spacial score (nSPS) is 19.6. The second kappa shape index (κ2) is 7.96. The van der Waals surface area contributed by atoms with Gasteiger partial charge in [-0.15, -0.1) is 0 Å². The first kappa shape index (κ1) is 19.2. The summed E-state index contributed by atoms with van der Waals surface area (Å²) in [6, 6.07) is 3.14. The van der Waals surface area contributed by atoms with Crippen LogP contribution in [0.25, 0.3) is 0 Å². The Labute approximate surface area is 159 Å². The minimum absolute atomic E-state index is 0.0354. The first-order chi connectivity index (χ1) is 12.9. The number of carbonyl (C=O) groups excluding carboxylic acids is 1. The molecule has 0 radical (unpaired) electrons. The molecule has 2 aromatic heterocycles. The molecular formula is C19H27N5O3. The molecule has 0 aliphatic carbocycles. The maximum absolute atomic E-state index is 13.0. The number of urea groups is 1. The molecule has 3 rings (SSSR count). The summed E-state index contributed by atoms with van der Waals surface area (Å²) in [5.74, 6) is 1.19. The smallest absolute Gasteiger partial charge is 0.322 e. The fraction of sp³-hybridized carbons (Fsp3) is 0.526. The average molecular weight is 373 g/mol. The molecule has 146 valence electrons. The topological polar surface area (TPSA) is 92.4 Å². The fourth-order valence-electron chi connectivity index (χ4n) is 3.17. The highest BCUT2D eigenvalue weighted by Crippen LogP contribution is 2.33. The van der Waals surface area contributed by atoms with Crippen LogP contribution in [-0.4, -0.2) is 51.7 Å². The summed E-state index contributed by atoms with van der Waals surface area (Å²) < 4.78 is 11.2. The van der Waals surface area contributed by atoms with Crippen LogP contribution in [0.1, 0.15) is 43.5 Å². The van der Waals surface area contributed by atoms with Crippen LogP contribution < -0.4 is 10.1 Å². The lowest BCUT2D eigenvalue weighted by Gasteiger charge is -2.24. The van der Waals surface area contributed by atoms with E-state index in [-0.39, 0.29) is 24.3 Å². The number of aromatic amines is 1. The Kier molecular flexibility index (Phi) is 5.65. The molecule has 2 atom stereocenters. The molecule has 2 amide bonds. The minimum Gasteiger partial charge on any atom is -0.473 e. The molecule has 2 N–H and O–H groups in total. The third kappa shape index (κ3) is 4.21. The number of pyridine rings is 1. The molecule has 2 aromatic rings. The molecule has 3 heterocycles. The fourth-order valence-corrected chi connectivity index (χ4v) is 3.17. The van der Waals surface area contributed by atoms with Crippen molar-refractivity contribution in [1.29, 1.82) is 0 Å². The summed E-state index contributed by atoms with van der Waals surface area (Å²) in [6.45, 7) is 8.26. The van der Waals surface area contributed by atoms with Crippen LogP contribution in [0.5, 0.6) is 5.88 Å². The van der Waals surface area contributed by atoms with E-state index >= 15 is 0 Å². The predicted octanol–water partition coefficient (Wildman–Crippen LogP) is 3.20. The molecule has 0 aromatic carbocycles. The Hall–Kier alpha value is -2.61. The van der Waals surface area contributed by atoms with Crippen molar-refractivity contribution in [3.05, 3.63) is 35.5 Å². The molecule has 0 spiro atoms. The Bertz CT molecular complexity index is 785. The van der Waals surface area contributed by atoms with Crippen molar-refractivity contribution in [1.82, 2.24) is 19.9 Å². The summed E-state index contributed by atoms with van der Waals surface area (Å²) in [4.78, 5) is 26.9. The van der Waals surface area contributed by atoms with Gasteiger partial charge >= 0.3 is 6.03 Å². The van der Waals surface area contributed by atoms with Crippen molar-refractivity contribution in [3.8, 4) is 5.88 Å². The number of nitrogens with one attached hydrogen (secondary N) is 2. The summed E-state index contributed by atoms with van der Waals surface area (Å²) >= 11 is 0. The molecule has 1 saturated heterocycles. The van der Waals surface area contributed by atoms with Crippen LogP contribution >= 0.6 is 0 Å². The molecule has 1 aliphatic rings. The minimum atomic E-state index is -0.229. The van der Waals surface area contributed by atoms with E-state index in [1.807, 2.05) is 27.7 Å². The number of hydrogen-bond donors (Lipinski definition) is 2. The number of carbonyl (C=O) groups is 1. The number of anilines is 1. The van der Waals surface area contributed by atoms with E-state index in [1.54, 1.807) is 30.3 Å². The summed E-state index contributed by atoms with van der Waals surface area (Å²) in [5.41, 5.74) is 2.49. The number of ether oxygens (including phenoxy) is 2. The van der Waals surface area contributed by atoms with Crippen LogP contribution in [0.3, 0.4) is 0 Å². The maximum Gasteiger partial charge on any atom is 0.322 e. The summed E-state index contributed by atoms with van der Waals surface area (Å²) in [7, 11) is 1.66. The number of imidazole rings is 1. The lowest BCUT2D eigenvalue weighted by atomic mass is 10.2. The van der Waals surface area contributed by atoms with Gasteiger partial charge in [-0.3, -0.25) is 0 Å². The summed E-state index contributed by atoms with van der Waals surface area (Å²) in [5, 5.41) is 2.93. The van der Waals surface area contributed by atoms with E-state index in [0.717, 1.165) is 17.2 Å². The van der Waals surface area contributed by atoms with Crippen molar-refractivity contribution in [3.63, 3.8) is 0 Å². The molecule has 0 bridgehead atoms. The lowest BCUT2D eigenvalue weighted by Crippen LogP contribution is -2.36.